The third-order valence-electron chi connectivity index (χ3n) is 4.65. The molecular formula is C14H16BrClFN. The van der Waals surface area contributed by atoms with E-state index in [4.69, 9.17) is 17.3 Å². The molecule has 1 nitrogen and oxygen atoms in total. The van der Waals surface area contributed by atoms with Crippen LogP contribution in [0.4, 0.5) is 4.39 Å². The van der Waals surface area contributed by atoms with E-state index in [-0.39, 0.29) is 11.9 Å². The van der Waals surface area contributed by atoms with Crippen molar-refractivity contribution in [2.45, 2.75) is 31.7 Å². The normalized spacial score (nSPS) is 31.9. The van der Waals surface area contributed by atoms with Gasteiger partial charge in [0, 0.05) is 16.1 Å². The first-order valence-corrected chi connectivity index (χ1v) is 7.63. The Morgan fingerprint density at radius 2 is 2.11 bits per heavy atom. The zero-order valence-electron chi connectivity index (χ0n) is 10.0. The summed E-state index contributed by atoms with van der Waals surface area (Å²) in [5.41, 5.74) is 6.86. The molecule has 4 atom stereocenters. The van der Waals surface area contributed by atoms with Crippen LogP contribution < -0.4 is 5.73 Å². The van der Waals surface area contributed by atoms with Crippen LogP contribution in [-0.4, -0.2) is 0 Å². The molecule has 2 aliphatic carbocycles. The zero-order valence-corrected chi connectivity index (χ0v) is 12.3. The van der Waals surface area contributed by atoms with Crippen molar-refractivity contribution >= 4 is 27.5 Å². The van der Waals surface area contributed by atoms with Crippen molar-refractivity contribution in [2.75, 3.05) is 0 Å². The van der Waals surface area contributed by atoms with Crippen LogP contribution in [0.1, 0.15) is 37.3 Å². The van der Waals surface area contributed by atoms with E-state index in [2.05, 4.69) is 15.9 Å². The molecule has 4 heteroatoms. The Hall–Kier alpha value is -0.120. The van der Waals surface area contributed by atoms with Crippen molar-refractivity contribution < 1.29 is 4.39 Å². The summed E-state index contributed by atoms with van der Waals surface area (Å²) < 4.78 is 14.6. The van der Waals surface area contributed by atoms with Gasteiger partial charge in [0.05, 0.1) is 5.02 Å². The average Bonchev–Trinajstić information content (AvgIpc) is 2.95. The van der Waals surface area contributed by atoms with Crippen LogP contribution in [0.2, 0.25) is 5.02 Å². The molecule has 0 heterocycles. The monoisotopic (exact) mass is 331 g/mol. The van der Waals surface area contributed by atoms with Crippen LogP contribution in [0.25, 0.3) is 0 Å². The summed E-state index contributed by atoms with van der Waals surface area (Å²) in [6.07, 6.45) is 5.02. The molecule has 2 aliphatic rings. The van der Waals surface area contributed by atoms with E-state index in [1.165, 1.54) is 25.3 Å². The molecule has 0 saturated heterocycles. The van der Waals surface area contributed by atoms with E-state index in [0.29, 0.717) is 26.9 Å². The van der Waals surface area contributed by atoms with Crippen LogP contribution >= 0.6 is 27.5 Å². The van der Waals surface area contributed by atoms with Gasteiger partial charge in [-0.15, -0.1) is 0 Å². The molecule has 1 aromatic rings. The molecule has 0 spiro atoms. The molecule has 2 bridgehead atoms. The third kappa shape index (κ3) is 2.10. The summed E-state index contributed by atoms with van der Waals surface area (Å²) in [4.78, 5) is 0. The Labute approximate surface area is 120 Å². The van der Waals surface area contributed by atoms with Crippen molar-refractivity contribution in [3.8, 4) is 0 Å². The second kappa shape index (κ2) is 4.77. The van der Waals surface area contributed by atoms with Gasteiger partial charge in [0.2, 0.25) is 0 Å². The molecule has 3 rings (SSSR count). The molecule has 98 valence electrons. The molecule has 2 saturated carbocycles. The van der Waals surface area contributed by atoms with Gasteiger partial charge in [-0.2, -0.15) is 0 Å². The van der Waals surface area contributed by atoms with Gasteiger partial charge < -0.3 is 5.73 Å². The molecule has 0 amide bonds. The molecular weight excluding hydrogens is 317 g/mol. The molecule has 2 N–H and O–H groups in total. The minimum Gasteiger partial charge on any atom is -0.324 e. The van der Waals surface area contributed by atoms with Gasteiger partial charge in [-0.3, -0.25) is 0 Å². The van der Waals surface area contributed by atoms with Gasteiger partial charge in [-0.25, -0.2) is 4.39 Å². The van der Waals surface area contributed by atoms with E-state index in [1.807, 2.05) is 0 Å². The lowest BCUT2D eigenvalue weighted by molar-refractivity contribution is 0.280. The zero-order chi connectivity index (χ0) is 12.9. The highest BCUT2D eigenvalue weighted by Gasteiger charge is 2.42. The predicted octanol–water partition coefficient (Wildman–Crippen LogP) is 4.68. The van der Waals surface area contributed by atoms with Gasteiger partial charge in [-0.05, 0) is 65.1 Å². The largest absolute Gasteiger partial charge is 0.324 e. The maximum atomic E-state index is 14.0. The van der Waals surface area contributed by atoms with Crippen molar-refractivity contribution in [2.24, 2.45) is 23.5 Å². The predicted molar refractivity (Wildman–Crippen MR) is 75.0 cm³/mol. The van der Waals surface area contributed by atoms with Crippen molar-refractivity contribution in [3.05, 3.63) is 33.0 Å². The first-order valence-electron chi connectivity index (χ1n) is 6.46. The Balaban J connectivity index is 1.88. The summed E-state index contributed by atoms with van der Waals surface area (Å²) in [6.45, 7) is 0. The van der Waals surface area contributed by atoms with Gasteiger partial charge in [0.25, 0.3) is 0 Å². The molecule has 0 aromatic heterocycles. The lowest BCUT2D eigenvalue weighted by Crippen LogP contribution is -2.26. The van der Waals surface area contributed by atoms with Crippen molar-refractivity contribution in [1.29, 1.82) is 0 Å². The summed E-state index contributed by atoms with van der Waals surface area (Å²) in [5, 5.41) is 0.532. The van der Waals surface area contributed by atoms with Crippen LogP contribution in [-0.2, 0) is 0 Å². The minimum atomic E-state index is -0.249. The highest BCUT2D eigenvalue weighted by atomic mass is 79.9. The summed E-state index contributed by atoms with van der Waals surface area (Å²) in [7, 11) is 0. The SMILES string of the molecule is NC(c1cc(Cl)c(Br)cc1F)C1CC2CCC1C2. The molecule has 18 heavy (non-hydrogen) atoms. The number of fused-ring (bicyclic) bond motifs is 2. The minimum absolute atomic E-state index is 0.217. The lowest BCUT2D eigenvalue weighted by atomic mass is 9.81. The fraction of sp³-hybridized carbons (Fsp3) is 0.571. The van der Waals surface area contributed by atoms with Gasteiger partial charge in [0.15, 0.2) is 0 Å². The van der Waals surface area contributed by atoms with Crippen molar-refractivity contribution in [3.63, 3.8) is 0 Å². The quantitative estimate of drug-likeness (QED) is 0.782. The van der Waals surface area contributed by atoms with E-state index in [0.717, 1.165) is 12.3 Å². The van der Waals surface area contributed by atoms with E-state index in [9.17, 15) is 4.39 Å². The summed E-state index contributed by atoms with van der Waals surface area (Å²) >= 11 is 9.28. The van der Waals surface area contributed by atoms with Gasteiger partial charge >= 0.3 is 0 Å². The number of hydrogen-bond donors (Lipinski definition) is 1. The Morgan fingerprint density at radius 3 is 2.72 bits per heavy atom. The van der Waals surface area contributed by atoms with E-state index < -0.39 is 0 Å². The van der Waals surface area contributed by atoms with E-state index in [1.54, 1.807) is 6.07 Å². The number of nitrogens with two attached hydrogens (primary N) is 1. The van der Waals surface area contributed by atoms with Gasteiger partial charge in [0.1, 0.15) is 5.82 Å². The lowest BCUT2D eigenvalue weighted by Gasteiger charge is -2.28. The maximum absolute atomic E-state index is 14.0. The fourth-order valence-electron chi connectivity index (χ4n) is 3.76. The first kappa shape index (κ1) is 12.9. The van der Waals surface area contributed by atoms with Gasteiger partial charge in [-0.1, -0.05) is 18.0 Å². The van der Waals surface area contributed by atoms with Crippen LogP contribution in [0.3, 0.4) is 0 Å². The first-order chi connectivity index (χ1) is 8.56. The smallest absolute Gasteiger partial charge is 0.129 e. The summed E-state index contributed by atoms with van der Waals surface area (Å²) in [5.74, 6) is 1.68. The molecule has 4 unspecified atom stereocenters. The Kier molecular flexibility index (Phi) is 3.41. The average molecular weight is 333 g/mol. The van der Waals surface area contributed by atoms with Crippen LogP contribution in [0, 0.1) is 23.6 Å². The Morgan fingerprint density at radius 1 is 1.33 bits per heavy atom. The molecule has 0 aliphatic heterocycles. The van der Waals surface area contributed by atoms with Crippen molar-refractivity contribution in [1.82, 2.24) is 0 Å². The number of benzene rings is 1. The number of rotatable bonds is 2. The Bertz CT molecular complexity index is 479. The van der Waals surface area contributed by atoms with Crippen LogP contribution in [0.5, 0.6) is 0 Å². The third-order valence-corrected chi connectivity index (χ3v) is 5.85. The second-order valence-electron chi connectivity index (χ2n) is 5.65. The van der Waals surface area contributed by atoms with Crippen LogP contribution in [0.15, 0.2) is 16.6 Å². The number of halogens is 3. The highest BCUT2D eigenvalue weighted by Crippen LogP contribution is 2.52. The molecule has 2 fully saturated rings. The summed E-state index contributed by atoms with van der Waals surface area (Å²) in [6, 6.07) is 2.88. The van der Waals surface area contributed by atoms with E-state index >= 15 is 0 Å². The standard InChI is InChI=1S/C14H16BrClFN/c15-11-6-13(17)10(5-12(11)16)14(18)9-4-7-1-2-8(9)3-7/h5-9,14H,1-4,18H2. The number of hydrogen-bond acceptors (Lipinski definition) is 1. The maximum Gasteiger partial charge on any atom is 0.129 e. The fourth-order valence-corrected chi connectivity index (χ4v) is 4.25. The molecule has 1 aromatic carbocycles. The highest BCUT2D eigenvalue weighted by molar-refractivity contribution is 9.10. The second-order valence-corrected chi connectivity index (χ2v) is 6.91. The molecule has 0 radical (unpaired) electrons. The topological polar surface area (TPSA) is 26.0 Å².